The van der Waals surface area contributed by atoms with E-state index in [0.717, 1.165) is 6.07 Å². The lowest BCUT2D eigenvalue weighted by Crippen LogP contribution is -2.22. The Hall–Kier alpha value is -2.66. The normalized spacial score (nSPS) is 11.7. The lowest BCUT2D eigenvalue weighted by molar-refractivity contribution is -0.384. The van der Waals surface area contributed by atoms with E-state index >= 15 is 0 Å². The Bertz CT molecular complexity index is 1100. The molecule has 0 saturated heterocycles. The summed E-state index contributed by atoms with van der Waals surface area (Å²) in [6.45, 7) is -0.0798. The van der Waals surface area contributed by atoms with Crippen LogP contribution in [-0.4, -0.2) is 21.9 Å². The third kappa shape index (κ3) is 3.74. The zero-order valence-corrected chi connectivity index (χ0v) is 15.1. The number of hydrogen-bond acceptors (Lipinski definition) is 6. The van der Waals surface area contributed by atoms with E-state index in [-0.39, 0.29) is 23.6 Å². The molecule has 142 valence electrons. The second kappa shape index (κ2) is 6.82. The van der Waals surface area contributed by atoms with Gasteiger partial charge < -0.3 is 9.88 Å². The summed E-state index contributed by atoms with van der Waals surface area (Å²) in [4.78, 5) is 30.4. The maximum absolute atomic E-state index is 13.0. The van der Waals surface area contributed by atoms with Gasteiger partial charge in [-0.15, -0.1) is 11.3 Å². The number of halogens is 4. The third-order valence-electron chi connectivity index (χ3n) is 3.73. The molecule has 12 heteroatoms. The average Bonchev–Trinajstić information content (AvgIpc) is 3.02. The van der Waals surface area contributed by atoms with E-state index in [1.165, 1.54) is 23.3 Å². The first-order valence-electron chi connectivity index (χ1n) is 7.30. The van der Waals surface area contributed by atoms with Crippen molar-refractivity contribution < 1.29 is 18.1 Å². The largest absolute Gasteiger partial charge is 0.418 e. The first-order valence-corrected chi connectivity index (χ1v) is 8.56. The predicted molar refractivity (Wildman–Crippen MR) is 95.5 cm³/mol. The molecule has 3 rings (SSSR count). The van der Waals surface area contributed by atoms with Crippen LogP contribution in [0.15, 0.2) is 28.4 Å². The Morgan fingerprint density at radius 1 is 1.41 bits per heavy atom. The maximum atomic E-state index is 13.0. The van der Waals surface area contributed by atoms with Crippen LogP contribution in [0.25, 0.3) is 10.2 Å². The van der Waals surface area contributed by atoms with E-state index in [9.17, 15) is 28.1 Å². The fraction of sp³-hybridized carbons (Fsp3) is 0.200. The highest BCUT2D eigenvalue weighted by atomic mass is 35.5. The minimum absolute atomic E-state index is 0.0798. The number of aromatic amines is 1. The van der Waals surface area contributed by atoms with Gasteiger partial charge in [-0.05, 0) is 17.5 Å². The summed E-state index contributed by atoms with van der Waals surface area (Å²) in [6, 6.07) is 2.92. The zero-order chi connectivity index (χ0) is 19.9. The lowest BCUT2D eigenvalue weighted by atomic mass is 10.1. The Morgan fingerprint density at radius 2 is 2.11 bits per heavy atom. The molecule has 27 heavy (non-hydrogen) atoms. The van der Waals surface area contributed by atoms with Crippen molar-refractivity contribution in [2.45, 2.75) is 12.7 Å². The van der Waals surface area contributed by atoms with Gasteiger partial charge in [0.05, 0.1) is 27.6 Å². The molecule has 0 atom stereocenters. The fourth-order valence-corrected chi connectivity index (χ4v) is 3.52. The topological polar surface area (TPSA) is 92.1 Å². The number of anilines is 1. The smallest absolute Gasteiger partial charge is 0.362 e. The number of nitrogens with zero attached hydrogens (tertiary/aromatic N) is 3. The van der Waals surface area contributed by atoms with Gasteiger partial charge in [0.15, 0.2) is 0 Å². The van der Waals surface area contributed by atoms with Crippen molar-refractivity contribution in [1.29, 1.82) is 0 Å². The Balaban J connectivity index is 2.02. The standard InChI is InChI=1S/C15H10ClF3N4O3S/c1-22(6-12-20-9-2-3-27-13(9)14(24)21-12)10-5-8(16)7(15(17,18)19)4-11(10)23(25)26/h2-5H,6H2,1H3,(H,20,21,24). The van der Waals surface area contributed by atoms with Gasteiger partial charge in [-0.3, -0.25) is 14.9 Å². The summed E-state index contributed by atoms with van der Waals surface area (Å²) in [5, 5.41) is 12.3. The zero-order valence-electron chi connectivity index (χ0n) is 13.5. The molecule has 0 saturated carbocycles. The number of rotatable bonds is 4. The number of fused-ring (bicyclic) bond motifs is 1. The molecular formula is C15H10ClF3N4O3S. The van der Waals surface area contributed by atoms with Gasteiger partial charge >= 0.3 is 6.18 Å². The summed E-state index contributed by atoms with van der Waals surface area (Å²) in [7, 11) is 1.42. The van der Waals surface area contributed by atoms with Crippen LogP contribution in [0, 0.1) is 10.1 Å². The number of thiophene rings is 1. The van der Waals surface area contributed by atoms with E-state index in [1.54, 1.807) is 11.4 Å². The molecular weight excluding hydrogens is 409 g/mol. The highest BCUT2D eigenvalue weighted by Gasteiger charge is 2.36. The Kier molecular flexibility index (Phi) is 4.82. The second-order valence-electron chi connectivity index (χ2n) is 5.58. The van der Waals surface area contributed by atoms with Crippen molar-refractivity contribution in [2.75, 3.05) is 11.9 Å². The number of nitro groups is 1. The molecule has 0 radical (unpaired) electrons. The van der Waals surface area contributed by atoms with Gasteiger partial charge in [0.1, 0.15) is 16.2 Å². The first-order chi connectivity index (χ1) is 12.6. The van der Waals surface area contributed by atoms with Crippen molar-refractivity contribution in [1.82, 2.24) is 9.97 Å². The summed E-state index contributed by atoms with van der Waals surface area (Å²) in [5.41, 5.74) is -2.08. The van der Waals surface area contributed by atoms with Gasteiger partial charge in [0.25, 0.3) is 11.2 Å². The quantitative estimate of drug-likeness (QED) is 0.506. The number of benzene rings is 1. The van der Waals surface area contributed by atoms with Crippen molar-refractivity contribution in [2.24, 2.45) is 0 Å². The van der Waals surface area contributed by atoms with E-state index in [1.807, 2.05) is 0 Å². The van der Waals surface area contributed by atoms with Crippen molar-refractivity contribution in [3.05, 3.63) is 60.5 Å². The molecule has 7 nitrogen and oxygen atoms in total. The molecule has 0 unspecified atom stereocenters. The molecule has 0 spiro atoms. The maximum Gasteiger partial charge on any atom is 0.418 e. The third-order valence-corrected chi connectivity index (χ3v) is 4.94. The Morgan fingerprint density at radius 3 is 2.74 bits per heavy atom. The number of hydrogen-bond donors (Lipinski definition) is 1. The van der Waals surface area contributed by atoms with Crippen molar-refractivity contribution >= 4 is 44.5 Å². The van der Waals surface area contributed by atoms with E-state index in [2.05, 4.69) is 9.97 Å². The van der Waals surface area contributed by atoms with Crippen molar-refractivity contribution in [3.63, 3.8) is 0 Å². The number of nitrogens with one attached hydrogen (secondary N) is 1. The highest BCUT2D eigenvalue weighted by molar-refractivity contribution is 7.17. The molecule has 0 fully saturated rings. The van der Waals surface area contributed by atoms with Crippen LogP contribution in [0.2, 0.25) is 5.02 Å². The average molecular weight is 419 g/mol. The van der Waals surface area contributed by atoms with Crippen LogP contribution in [0.4, 0.5) is 24.5 Å². The van der Waals surface area contributed by atoms with Crippen LogP contribution in [-0.2, 0) is 12.7 Å². The van der Waals surface area contributed by atoms with Gasteiger partial charge in [-0.25, -0.2) is 4.98 Å². The van der Waals surface area contributed by atoms with Gasteiger partial charge in [0, 0.05) is 13.1 Å². The molecule has 2 aromatic heterocycles. The highest BCUT2D eigenvalue weighted by Crippen LogP contribution is 2.41. The van der Waals surface area contributed by atoms with Gasteiger partial charge in [-0.2, -0.15) is 13.2 Å². The molecule has 0 aliphatic heterocycles. The molecule has 0 aliphatic rings. The molecule has 0 amide bonds. The summed E-state index contributed by atoms with van der Waals surface area (Å²) in [6.07, 6.45) is -4.82. The van der Waals surface area contributed by atoms with Crippen LogP contribution in [0.3, 0.4) is 0 Å². The van der Waals surface area contributed by atoms with E-state index < -0.39 is 27.4 Å². The molecule has 0 bridgehead atoms. The minimum Gasteiger partial charge on any atom is -0.362 e. The van der Waals surface area contributed by atoms with Crippen LogP contribution >= 0.6 is 22.9 Å². The van der Waals surface area contributed by atoms with Crippen LogP contribution < -0.4 is 10.5 Å². The molecule has 3 aromatic rings. The van der Waals surface area contributed by atoms with E-state index in [0.29, 0.717) is 16.3 Å². The number of H-pyrrole nitrogens is 1. The lowest BCUT2D eigenvalue weighted by Gasteiger charge is -2.20. The fourth-order valence-electron chi connectivity index (χ4n) is 2.53. The minimum atomic E-state index is -4.82. The summed E-state index contributed by atoms with van der Waals surface area (Å²) < 4.78 is 39.3. The summed E-state index contributed by atoms with van der Waals surface area (Å²) >= 11 is 6.90. The monoisotopic (exact) mass is 418 g/mol. The van der Waals surface area contributed by atoms with Crippen molar-refractivity contribution in [3.8, 4) is 0 Å². The van der Waals surface area contributed by atoms with Crippen LogP contribution in [0.5, 0.6) is 0 Å². The number of aromatic nitrogens is 2. The number of alkyl halides is 3. The number of nitro benzene ring substituents is 1. The molecule has 1 N–H and O–H groups in total. The molecule has 2 heterocycles. The van der Waals surface area contributed by atoms with Gasteiger partial charge in [-0.1, -0.05) is 11.6 Å². The summed E-state index contributed by atoms with van der Waals surface area (Å²) in [5.74, 6) is 0.207. The van der Waals surface area contributed by atoms with Crippen LogP contribution in [0.1, 0.15) is 11.4 Å². The predicted octanol–water partition coefficient (Wildman–Crippen LogP) is 4.20. The SMILES string of the molecule is CN(Cc1nc2ccsc2c(=O)[nH]1)c1cc(Cl)c(C(F)(F)F)cc1[N+](=O)[O-]. The Labute approximate surface area is 158 Å². The van der Waals surface area contributed by atoms with Gasteiger partial charge in [0.2, 0.25) is 0 Å². The first kappa shape index (κ1) is 19.1. The van der Waals surface area contributed by atoms with E-state index in [4.69, 9.17) is 11.6 Å². The second-order valence-corrected chi connectivity index (χ2v) is 6.90. The molecule has 0 aliphatic carbocycles. The molecule has 1 aromatic carbocycles.